The quantitative estimate of drug-likeness (QED) is 0.543. The van der Waals surface area contributed by atoms with Crippen LogP contribution in [-0.2, 0) is 0 Å². The van der Waals surface area contributed by atoms with E-state index in [-0.39, 0.29) is 0 Å². The van der Waals surface area contributed by atoms with Gasteiger partial charge in [0.25, 0.3) is 0 Å². The summed E-state index contributed by atoms with van der Waals surface area (Å²) in [5.41, 5.74) is 0. The van der Waals surface area contributed by atoms with Crippen molar-refractivity contribution in [3.8, 4) is 0 Å². The van der Waals surface area contributed by atoms with Crippen molar-refractivity contribution >= 4 is 0 Å². The van der Waals surface area contributed by atoms with Gasteiger partial charge in [0.1, 0.15) is 6.67 Å². The average Bonchev–Trinajstić information content (AvgIpc) is 2.25. The number of hydrogen-bond acceptors (Lipinski definition) is 1. The van der Waals surface area contributed by atoms with Crippen LogP contribution in [0, 0.1) is 0 Å². The molecule has 66 valence electrons. The van der Waals surface area contributed by atoms with Crippen molar-refractivity contribution in [1.29, 1.82) is 0 Å². The van der Waals surface area contributed by atoms with E-state index in [1.54, 1.807) is 0 Å². The molecule has 1 fully saturated rings. The van der Waals surface area contributed by atoms with Gasteiger partial charge >= 0.3 is 0 Å². The highest BCUT2D eigenvalue weighted by molar-refractivity contribution is 4.71. The van der Waals surface area contributed by atoms with Gasteiger partial charge in [-0.25, -0.2) is 4.90 Å². The molecule has 1 atom stereocenters. The highest BCUT2D eigenvalue weighted by Crippen LogP contribution is 2.18. The van der Waals surface area contributed by atoms with Gasteiger partial charge in [0.2, 0.25) is 0 Å². The van der Waals surface area contributed by atoms with E-state index in [0.29, 0.717) is 0 Å². The molecule has 0 radical (unpaired) electrons. The molecule has 0 saturated carbocycles. The van der Waals surface area contributed by atoms with Crippen molar-refractivity contribution in [1.82, 2.24) is 4.90 Å². The highest BCUT2D eigenvalue weighted by Gasteiger charge is 2.35. The molecule has 2 nitrogen and oxygen atoms in total. The van der Waals surface area contributed by atoms with E-state index in [2.05, 4.69) is 32.8 Å². The minimum Gasteiger partial charge on any atom is -0.315 e. The Morgan fingerprint density at radius 2 is 2.00 bits per heavy atom. The Balaban J connectivity index is 2.55. The van der Waals surface area contributed by atoms with E-state index in [1.165, 1.54) is 30.7 Å². The molecule has 11 heavy (non-hydrogen) atoms. The molecule has 0 spiro atoms. The third kappa shape index (κ3) is 1.94. The van der Waals surface area contributed by atoms with Crippen molar-refractivity contribution in [3.63, 3.8) is 0 Å². The van der Waals surface area contributed by atoms with Crippen LogP contribution >= 0.6 is 0 Å². The minimum atomic E-state index is 0.829. The Morgan fingerprint density at radius 3 is 2.36 bits per heavy atom. The zero-order valence-electron chi connectivity index (χ0n) is 8.30. The zero-order valence-corrected chi connectivity index (χ0v) is 8.30. The Hall–Kier alpha value is -0.0800. The van der Waals surface area contributed by atoms with Crippen molar-refractivity contribution in [2.45, 2.75) is 26.3 Å². The summed E-state index contributed by atoms with van der Waals surface area (Å²) in [6.07, 6.45) is 1.30. The van der Waals surface area contributed by atoms with Crippen molar-refractivity contribution in [2.75, 3.05) is 33.9 Å². The average molecular weight is 157 g/mol. The van der Waals surface area contributed by atoms with Crippen LogP contribution in [0.2, 0.25) is 0 Å². The van der Waals surface area contributed by atoms with Gasteiger partial charge in [-0.1, -0.05) is 13.8 Å². The summed E-state index contributed by atoms with van der Waals surface area (Å²) in [5.74, 6) is 0. The maximum Gasteiger partial charge on any atom is 0.135 e. The van der Waals surface area contributed by atoms with Crippen LogP contribution in [0.15, 0.2) is 0 Å². The van der Waals surface area contributed by atoms with E-state index in [1.807, 2.05) is 0 Å². The lowest BCUT2D eigenvalue weighted by Gasteiger charge is -2.22. The first-order valence-electron chi connectivity index (χ1n) is 4.65. The molecule has 0 bridgehead atoms. The van der Waals surface area contributed by atoms with Gasteiger partial charge in [0, 0.05) is 6.54 Å². The van der Waals surface area contributed by atoms with E-state index in [4.69, 9.17) is 0 Å². The standard InChI is InChI=1S/C9H21N2/c1-5-9-7-11(3,4)8-10(9)6-2/h9H,5-8H2,1-4H3/q+1. The van der Waals surface area contributed by atoms with Crippen LogP contribution in [0.25, 0.3) is 0 Å². The third-order valence-electron chi connectivity index (χ3n) is 2.66. The molecule has 1 aliphatic heterocycles. The number of hydrogen-bond donors (Lipinski definition) is 0. The molecule has 0 aliphatic carbocycles. The lowest BCUT2D eigenvalue weighted by atomic mass is 10.2. The molecule has 0 N–H and O–H groups in total. The molecule has 0 aromatic rings. The van der Waals surface area contributed by atoms with Crippen LogP contribution in [0.5, 0.6) is 0 Å². The molecular formula is C9H21N2+. The van der Waals surface area contributed by atoms with Crippen LogP contribution in [0.3, 0.4) is 0 Å². The summed E-state index contributed by atoms with van der Waals surface area (Å²) in [4.78, 5) is 2.58. The lowest BCUT2D eigenvalue weighted by molar-refractivity contribution is -0.883. The number of quaternary nitrogens is 1. The third-order valence-corrected chi connectivity index (χ3v) is 2.66. The van der Waals surface area contributed by atoms with Gasteiger partial charge in [-0.3, -0.25) is 0 Å². The van der Waals surface area contributed by atoms with Crippen molar-refractivity contribution < 1.29 is 4.48 Å². The number of nitrogens with zero attached hydrogens (tertiary/aromatic N) is 2. The maximum atomic E-state index is 2.58. The van der Waals surface area contributed by atoms with E-state index < -0.39 is 0 Å². The van der Waals surface area contributed by atoms with Gasteiger partial charge in [-0.2, -0.15) is 0 Å². The van der Waals surface area contributed by atoms with Crippen LogP contribution in [-0.4, -0.2) is 49.3 Å². The first kappa shape index (κ1) is 9.01. The summed E-state index contributed by atoms with van der Waals surface area (Å²) in [6.45, 7) is 8.31. The fraction of sp³-hybridized carbons (Fsp3) is 1.00. The Morgan fingerprint density at radius 1 is 1.36 bits per heavy atom. The molecule has 0 amide bonds. The van der Waals surface area contributed by atoms with E-state index in [0.717, 1.165) is 6.04 Å². The predicted molar refractivity (Wildman–Crippen MR) is 48.3 cm³/mol. The largest absolute Gasteiger partial charge is 0.315 e. The second kappa shape index (κ2) is 3.11. The topological polar surface area (TPSA) is 3.24 Å². The molecule has 1 unspecified atom stereocenters. The highest BCUT2D eigenvalue weighted by atomic mass is 15.5. The molecule has 0 aromatic heterocycles. The van der Waals surface area contributed by atoms with Crippen molar-refractivity contribution in [2.24, 2.45) is 0 Å². The second-order valence-corrected chi connectivity index (χ2v) is 4.23. The predicted octanol–water partition coefficient (Wildman–Crippen LogP) is 1.13. The van der Waals surface area contributed by atoms with E-state index in [9.17, 15) is 0 Å². The lowest BCUT2D eigenvalue weighted by Crippen LogP contribution is -2.38. The normalized spacial score (nSPS) is 31.1. The zero-order chi connectivity index (χ0) is 8.48. The van der Waals surface area contributed by atoms with E-state index >= 15 is 0 Å². The fourth-order valence-electron chi connectivity index (χ4n) is 2.10. The van der Waals surface area contributed by atoms with Gasteiger partial charge in [-0.05, 0) is 6.42 Å². The monoisotopic (exact) mass is 157 g/mol. The summed E-state index contributed by atoms with van der Waals surface area (Å²) >= 11 is 0. The fourth-order valence-corrected chi connectivity index (χ4v) is 2.10. The Bertz CT molecular complexity index is 118. The van der Waals surface area contributed by atoms with Gasteiger partial charge < -0.3 is 4.48 Å². The smallest absolute Gasteiger partial charge is 0.135 e. The van der Waals surface area contributed by atoms with Crippen molar-refractivity contribution in [3.05, 3.63) is 0 Å². The van der Waals surface area contributed by atoms with Gasteiger partial charge in [-0.15, -0.1) is 0 Å². The molecule has 1 aliphatic rings. The van der Waals surface area contributed by atoms with Crippen LogP contribution in [0.4, 0.5) is 0 Å². The van der Waals surface area contributed by atoms with Crippen LogP contribution in [0.1, 0.15) is 20.3 Å². The van der Waals surface area contributed by atoms with Gasteiger partial charge in [0.05, 0.1) is 26.7 Å². The molecule has 1 rings (SSSR count). The second-order valence-electron chi connectivity index (χ2n) is 4.23. The summed E-state index contributed by atoms with van der Waals surface area (Å²) < 4.78 is 1.17. The van der Waals surface area contributed by atoms with Gasteiger partial charge in [0.15, 0.2) is 0 Å². The minimum absolute atomic E-state index is 0.829. The first-order valence-corrected chi connectivity index (χ1v) is 4.65. The Kier molecular flexibility index (Phi) is 2.55. The SMILES string of the molecule is CCC1C[N+](C)(C)CN1CC. The molecule has 2 heteroatoms. The van der Waals surface area contributed by atoms with Crippen LogP contribution < -0.4 is 0 Å². The molecule has 0 aromatic carbocycles. The summed E-state index contributed by atoms with van der Waals surface area (Å²) in [7, 11) is 4.64. The summed E-state index contributed by atoms with van der Waals surface area (Å²) in [5, 5.41) is 0. The molecule has 1 saturated heterocycles. The first-order chi connectivity index (χ1) is 5.09. The molecular weight excluding hydrogens is 136 g/mol. The Labute approximate surface area is 70.4 Å². The molecule has 1 heterocycles. The number of likely N-dealkylation sites (N-methyl/N-ethyl adjacent to an activating group) is 2. The maximum absolute atomic E-state index is 2.58. The number of rotatable bonds is 2. The summed E-state index contributed by atoms with van der Waals surface area (Å²) in [6, 6.07) is 0.829.